The fourth-order valence-corrected chi connectivity index (χ4v) is 2.41. The monoisotopic (exact) mass is 290 g/mol. The number of carbonyl (C=O) groups excluding carboxylic acids is 1. The first-order chi connectivity index (χ1) is 10.2. The fourth-order valence-electron chi connectivity index (χ4n) is 2.41. The van der Waals surface area contributed by atoms with Gasteiger partial charge in [-0.2, -0.15) is 0 Å². The molecule has 1 aromatic heterocycles. The van der Waals surface area contributed by atoms with E-state index < -0.39 is 12.8 Å². The molecule has 0 saturated heterocycles. The summed E-state index contributed by atoms with van der Waals surface area (Å²) in [7, 11) is 3.07. The Morgan fingerprint density at radius 1 is 1.33 bits per heavy atom. The number of aliphatic hydroxyl groups excluding tert-OH is 1. The fraction of sp³-hybridized carbons (Fsp3) is 0.286. The average molecular weight is 290 g/mol. The lowest BCUT2D eigenvalue weighted by Crippen LogP contribution is -2.36. The van der Waals surface area contributed by atoms with Gasteiger partial charge >= 0.3 is 6.09 Å². The first kappa shape index (κ1) is 13.4. The Kier molecular flexibility index (Phi) is 3.26. The SMILES string of the molecule is COc1cc2ncc3c(c2cc1OC)N(CO)C(=O)OC3. The van der Waals surface area contributed by atoms with E-state index in [0.717, 1.165) is 10.5 Å². The maximum atomic E-state index is 11.8. The number of fused-ring (bicyclic) bond motifs is 3. The summed E-state index contributed by atoms with van der Waals surface area (Å²) < 4.78 is 15.5. The molecule has 1 aliphatic rings. The van der Waals surface area contributed by atoms with E-state index in [1.54, 1.807) is 25.4 Å². The number of pyridine rings is 1. The third-order valence-corrected chi connectivity index (χ3v) is 3.40. The number of carbonyl (C=O) groups is 1. The molecule has 21 heavy (non-hydrogen) atoms. The Morgan fingerprint density at radius 2 is 2.05 bits per heavy atom. The first-order valence-electron chi connectivity index (χ1n) is 6.28. The second-order valence-electron chi connectivity index (χ2n) is 4.48. The van der Waals surface area contributed by atoms with Crippen LogP contribution in [-0.2, 0) is 11.3 Å². The van der Waals surface area contributed by atoms with E-state index in [4.69, 9.17) is 14.2 Å². The second-order valence-corrected chi connectivity index (χ2v) is 4.48. The second kappa shape index (κ2) is 5.10. The highest BCUT2D eigenvalue weighted by atomic mass is 16.6. The molecule has 0 aliphatic carbocycles. The smallest absolute Gasteiger partial charge is 0.416 e. The number of nitrogens with zero attached hydrogens (tertiary/aromatic N) is 2. The molecule has 1 N–H and O–H groups in total. The number of hydrogen-bond donors (Lipinski definition) is 1. The highest BCUT2D eigenvalue weighted by Gasteiger charge is 2.28. The molecule has 0 saturated carbocycles. The Hall–Kier alpha value is -2.54. The van der Waals surface area contributed by atoms with Gasteiger partial charge in [-0.3, -0.25) is 9.88 Å². The van der Waals surface area contributed by atoms with Crippen LogP contribution in [0.2, 0.25) is 0 Å². The third-order valence-electron chi connectivity index (χ3n) is 3.40. The van der Waals surface area contributed by atoms with Crippen LogP contribution in [0.5, 0.6) is 11.5 Å². The lowest BCUT2D eigenvalue weighted by atomic mass is 10.1. The number of benzene rings is 1. The average Bonchev–Trinajstić information content (AvgIpc) is 2.53. The normalized spacial score (nSPS) is 13.9. The summed E-state index contributed by atoms with van der Waals surface area (Å²) in [6.07, 6.45) is 1.03. The molecule has 0 fully saturated rings. The molecule has 7 nitrogen and oxygen atoms in total. The van der Waals surface area contributed by atoms with Crippen molar-refractivity contribution >= 4 is 22.7 Å². The van der Waals surface area contributed by atoms with Gasteiger partial charge in [-0.25, -0.2) is 4.79 Å². The van der Waals surface area contributed by atoms with E-state index in [1.165, 1.54) is 7.11 Å². The largest absolute Gasteiger partial charge is 0.493 e. The van der Waals surface area contributed by atoms with E-state index in [-0.39, 0.29) is 6.61 Å². The van der Waals surface area contributed by atoms with Crippen molar-refractivity contribution in [3.8, 4) is 11.5 Å². The Labute approximate surface area is 120 Å². The molecule has 0 unspecified atom stereocenters. The highest BCUT2D eigenvalue weighted by Crippen LogP contribution is 2.39. The van der Waals surface area contributed by atoms with Crippen molar-refractivity contribution in [3.63, 3.8) is 0 Å². The predicted octanol–water partition coefficient (Wildman–Crippen LogP) is 1.66. The number of rotatable bonds is 3. The van der Waals surface area contributed by atoms with Gasteiger partial charge in [0, 0.05) is 23.2 Å². The van der Waals surface area contributed by atoms with Crippen LogP contribution in [0.15, 0.2) is 18.3 Å². The number of ether oxygens (including phenoxy) is 3. The molecular weight excluding hydrogens is 276 g/mol. The molecule has 0 spiro atoms. The van der Waals surface area contributed by atoms with Crippen molar-refractivity contribution in [2.75, 3.05) is 25.9 Å². The summed E-state index contributed by atoms with van der Waals surface area (Å²) in [5.41, 5.74) is 1.95. The molecule has 0 bridgehead atoms. The molecule has 7 heteroatoms. The van der Waals surface area contributed by atoms with Crippen molar-refractivity contribution in [2.45, 2.75) is 6.61 Å². The Morgan fingerprint density at radius 3 is 2.71 bits per heavy atom. The zero-order valence-electron chi connectivity index (χ0n) is 11.6. The molecule has 110 valence electrons. The highest BCUT2D eigenvalue weighted by molar-refractivity contribution is 6.03. The number of anilines is 1. The molecule has 1 amide bonds. The maximum Gasteiger partial charge on any atom is 0.416 e. The van der Waals surface area contributed by atoms with Crippen LogP contribution in [0.3, 0.4) is 0 Å². The van der Waals surface area contributed by atoms with Gasteiger partial charge in [-0.1, -0.05) is 0 Å². The number of hydrogen-bond acceptors (Lipinski definition) is 6. The Balaban J connectivity index is 2.31. The number of cyclic esters (lactones) is 1. The van der Waals surface area contributed by atoms with Gasteiger partial charge in [0.05, 0.1) is 25.4 Å². The number of aromatic nitrogens is 1. The standard InChI is InChI=1S/C14H14N2O5/c1-19-11-3-9-10(4-12(11)20-2)15-5-8-6-21-14(18)16(7-17)13(8)9/h3-5,17H,6-7H2,1-2H3. The van der Waals surface area contributed by atoms with Crippen LogP contribution in [0.1, 0.15) is 5.56 Å². The topological polar surface area (TPSA) is 81.1 Å². The number of amides is 1. The molecule has 0 atom stereocenters. The summed E-state index contributed by atoms with van der Waals surface area (Å²) in [5, 5.41) is 10.1. The van der Waals surface area contributed by atoms with Crippen molar-refractivity contribution in [1.82, 2.24) is 4.98 Å². The van der Waals surface area contributed by atoms with Gasteiger partial charge in [-0.05, 0) is 6.07 Å². The first-order valence-corrected chi connectivity index (χ1v) is 6.28. The van der Waals surface area contributed by atoms with Crippen molar-refractivity contribution in [1.29, 1.82) is 0 Å². The number of methoxy groups -OCH3 is 2. The minimum Gasteiger partial charge on any atom is -0.493 e. The Bertz CT molecular complexity index is 716. The van der Waals surface area contributed by atoms with Crippen molar-refractivity contribution < 1.29 is 24.1 Å². The van der Waals surface area contributed by atoms with Gasteiger partial charge in [0.2, 0.25) is 0 Å². The lowest BCUT2D eigenvalue weighted by Gasteiger charge is -2.28. The van der Waals surface area contributed by atoms with Gasteiger partial charge in [0.1, 0.15) is 13.3 Å². The molecule has 2 heterocycles. The molecule has 0 radical (unpaired) electrons. The van der Waals surface area contributed by atoms with E-state index in [2.05, 4.69) is 4.98 Å². The summed E-state index contributed by atoms with van der Waals surface area (Å²) in [5.74, 6) is 1.07. The van der Waals surface area contributed by atoms with Crippen LogP contribution in [0.4, 0.5) is 10.5 Å². The molecule has 1 aromatic carbocycles. The maximum absolute atomic E-state index is 11.8. The predicted molar refractivity (Wildman–Crippen MR) is 74.6 cm³/mol. The summed E-state index contributed by atoms with van der Waals surface area (Å²) >= 11 is 0. The van der Waals surface area contributed by atoms with E-state index in [1.807, 2.05) is 0 Å². The molecular formula is C14H14N2O5. The summed E-state index contributed by atoms with van der Waals surface area (Å²) in [6.45, 7) is -0.346. The molecule has 2 aromatic rings. The zero-order chi connectivity index (χ0) is 15.0. The van der Waals surface area contributed by atoms with Crippen LogP contribution < -0.4 is 14.4 Å². The summed E-state index contributed by atoms with van der Waals surface area (Å²) in [6, 6.07) is 3.46. The third kappa shape index (κ3) is 2.02. The minimum atomic E-state index is -0.590. The van der Waals surface area contributed by atoms with Gasteiger partial charge in [-0.15, -0.1) is 0 Å². The van der Waals surface area contributed by atoms with E-state index >= 15 is 0 Å². The van der Waals surface area contributed by atoms with Gasteiger partial charge in [0.15, 0.2) is 11.5 Å². The minimum absolute atomic E-state index is 0.127. The molecule has 1 aliphatic heterocycles. The van der Waals surface area contributed by atoms with Gasteiger partial charge < -0.3 is 19.3 Å². The van der Waals surface area contributed by atoms with Crippen LogP contribution in [0, 0.1) is 0 Å². The molecule has 3 rings (SSSR count). The quantitative estimate of drug-likeness (QED) is 0.926. The zero-order valence-corrected chi connectivity index (χ0v) is 11.6. The lowest BCUT2D eigenvalue weighted by molar-refractivity contribution is 0.133. The van der Waals surface area contributed by atoms with Crippen LogP contribution in [-0.4, -0.2) is 37.1 Å². The van der Waals surface area contributed by atoms with E-state index in [0.29, 0.717) is 28.1 Å². The van der Waals surface area contributed by atoms with Crippen molar-refractivity contribution in [3.05, 3.63) is 23.9 Å². The van der Waals surface area contributed by atoms with Gasteiger partial charge in [0.25, 0.3) is 0 Å². The number of aliphatic hydroxyl groups is 1. The van der Waals surface area contributed by atoms with E-state index in [9.17, 15) is 9.90 Å². The van der Waals surface area contributed by atoms with Crippen LogP contribution >= 0.6 is 0 Å². The van der Waals surface area contributed by atoms with Crippen LogP contribution in [0.25, 0.3) is 10.9 Å². The van der Waals surface area contributed by atoms with Crippen molar-refractivity contribution in [2.24, 2.45) is 0 Å². The summed E-state index contributed by atoms with van der Waals surface area (Å²) in [4.78, 5) is 17.3.